The van der Waals surface area contributed by atoms with Gasteiger partial charge in [0.15, 0.2) is 0 Å². The molecule has 0 bridgehead atoms. The van der Waals surface area contributed by atoms with Crippen molar-refractivity contribution in [3.05, 3.63) is 0 Å². The first-order valence-electron chi connectivity index (χ1n) is 6.30. The van der Waals surface area contributed by atoms with E-state index in [2.05, 4.69) is 17.6 Å². The van der Waals surface area contributed by atoms with Crippen molar-refractivity contribution in [2.75, 3.05) is 26.3 Å². The predicted molar refractivity (Wildman–Crippen MR) is 65.6 cm³/mol. The van der Waals surface area contributed by atoms with E-state index >= 15 is 0 Å². The molecule has 3 N–H and O–H groups in total. The van der Waals surface area contributed by atoms with Crippen molar-refractivity contribution in [3.63, 3.8) is 0 Å². The maximum Gasteiger partial charge on any atom is 0.0741 e. The summed E-state index contributed by atoms with van der Waals surface area (Å²) >= 11 is 0. The SMILES string of the molecule is CCC(C)(O)CNC(C)CC1COCCN1. The Kier molecular flexibility index (Phi) is 5.69. The van der Waals surface area contributed by atoms with Crippen molar-refractivity contribution >= 4 is 0 Å². The van der Waals surface area contributed by atoms with Crippen LogP contribution in [-0.4, -0.2) is 49.1 Å². The molecule has 1 fully saturated rings. The Balaban J connectivity index is 2.17. The van der Waals surface area contributed by atoms with E-state index < -0.39 is 5.60 Å². The Hall–Kier alpha value is -0.160. The molecule has 0 aromatic heterocycles. The normalized spacial score (nSPS) is 27.4. The van der Waals surface area contributed by atoms with Crippen molar-refractivity contribution in [1.82, 2.24) is 10.6 Å². The van der Waals surface area contributed by atoms with Gasteiger partial charge in [-0.3, -0.25) is 0 Å². The molecule has 0 saturated carbocycles. The van der Waals surface area contributed by atoms with Crippen LogP contribution in [0.4, 0.5) is 0 Å². The Morgan fingerprint density at radius 1 is 1.62 bits per heavy atom. The second-order valence-electron chi connectivity index (χ2n) is 5.09. The third-order valence-corrected chi connectivity index (χ3v) is 3.23. The lowest BCUT2D eigenvalue weighted by atomic mass is 10.0. The maximum absolute atomic E-state index is 9.88. The topological polar surface area (TPSA) is 53.5 Å². The van der Waals surface area contributed by atoms with E-state index in [1.54, 1.807) is 0 Å². The van der Waals surface area contributed by atoms with Crippen molar-refractivity contribution in [3.8, 4) is 0 Å². The van der Waals surface area contributed by atoms with Crippen molar-refractivity contribution in [2.24, 2.45) is 0 Å². The highest BCUT2D eigenvalue weighted by Gasteiger charge is 2.20. The Morgan fingerprint density at radius 3 is 2.94 bits per heavy atom. The van der Waals surface area contributed by atoms with Crippen LogP contribution >= 0.6 is 0 Å². The van der Waals surface area contributed by atoms with Crippen LogP contribution in [0.1, 0.15) is 33.6 Å². The molecule has 1 saturated heterocycles. The number of ether oxygens (including phenoxy) is 1. The zero-order chi connectivity index (χ0) is 12.0. The standard InChI is InChI=1S/C12H26N2O2/c1-4-12(3,15)9-14-10(2)7-11-8-16-6-5-13-11/h10-11,13-15H,4-9H2,1-3H3. The summed E-state index contributed by atoms with van der Waals surface area (Å²) < 4.78 is 5.41. The fourth-order valence-corrected chi connectivity index (χ4v) is 1.80. The minimum atomic E-state index is -0.593. The van der Waals surface area contributed by atoms with Gasteiger partial charge >= 0.3 is 0 Å². The van der Waals surface area contributed by atoms with E-state index in [4.69, 9.17) is 4.74 Å². The van der Waals surface area contributed by atoms with E-state index in [0.29, 0.717) is 18.6 Å². The van der Waals surface area contributed by atoms with Gasteiger partial charge in [0, 0.05) is 25.2 Å². The second-order valence-corrected chi connectivity index (χ2v) is 5.09. The molecule has 1 aliphatic heterocycles. The Bertz CT molecular complexity index is 191. The van der Waals surface area contributed by atoms with Gasteiger partial charge in [-0.25, -0.2) is 0 Å². The summed E-state index contributed by atoms with van der Waals surface area (Å²) in [6.07, 6.45) is 1.82. The summed E-state index contributed by atoms with van der Waals surface area (Å²) in [6, 6.07) is 0.847. The minimum Gasteiger partial charge on any atom is -0.389 e. The van der Waals surface area contributed by atoms with Gasteiger partial charge in [-0.05, 0) is 26.7 Å². The smallest absolute Gasteiger partial charge is 0.0741 e. The molecule has 16 heavy (non-hydrogen) atoms. The second kappa shape index (κ2) is 6.55. The van der Waals surface area contributed by atoms with Crippen LogP contribution in [0.3, 0.4) is 0 Å². The Morgan fingerprint density at radius 2 is 2.38 bits per heavy atom. The van der Waals surface area contributed by atoms with Gasteiger partial charge in [0.05, 0.1) is 18.8 Å². The molecule has 1 aliphatic rings. The highest BCUT2D eigenvalue weighted by atomic mass is 16.5. The molecule has 96 valence electrons. The zero-order valence-corrected chi connectivity index (χ0v) is 10.8. The lowest BCUT2D eigenvalue weighted by Crippen LogP contribution is -2.47. The summed E-state index contributed by atoms with van der Waals surface area (Å²) in [5.41, 5.74) is -0.593. The molecule has 1 rings (SSSR count). The number of hydrogen-bond acceptors (Lipinski definition) is 4. The lowest BCUT2D eigenvalue weighted by molar-refractivity contribution is 0.0487. The fraction of sp³-hybridized carbons (Fsp3) is 1.00. The average Bonchev–Trinajstić information content (AvgIpc) is 2.28. The number of rotatable bonds is 6. The number of aliphatic hydroxyl groups is 1. The lowest BCUT2D eigenvalue weighted by Gasteiger charge is -2.29. The van der Waals surface area contributed by atoms with E-state index in [0.717, 1.165) is 32.6 Å². The summed E-state index contributed by atoms with van der Waals surface area (Å²) in [6.45, 7) is 9.25. The van der Waals surface area contributed by atoms with Crippen LogP contribution in [0.15, 0.2) is 0 Å². The molecular weight excluding hydrogens is 204 g/mol. The van der Waals surface area contributed by atoms with Crippen LogP contribution in [0.5, 0.6) is 0 Å². The van der Waals surface area contributed by atoms with Crippen LogP contribution in [-0.2, 0) is 4.74 Å². The van der Waals surface area contributed by atoms with E-state index in [-0.39, 0.29) is 0 Å². The van der Waals surface area contributed by atoms with Crippen molar-refractivity contribution < 1.29 is 9.84 Å². The molecular formula is C12H26N2O2. The van der Waals surface area contributed by atoms with Crippen molar-refractivity contribution in [2.45, 2.75) is 51.3 Å². The molecule has 4 nitrogen and oxygen atoms in total. The van der Waals surface area contributed by atoms with Crippen molar-refractivity contribution in [1.29, 1.82) is 0 Å². The third kappa shape index (κ3) is 5.25. The molecule has 0 radical (unpaired) electrons. The van der Waals surface area contributed by atoms with Crippen LogP contribution in [0.2, 0.25) is 0 Å². The van der Waals surface area contributed by atoms with E-state index in [9.17, 15) is 5.11 Å². The van der Waals surface area contributed by atoms with Crippen LogP contribution < -0.4 is 10.6 Å². The zero-order valence-electron chi connectivity index (χ0n) is 10.8. The molecule has 1 heterocycles. The van der Waals surface area contributed by atoms with E-state index in [1.165, 1.54) is 0 Å². The van der Waals surface area contributed by atoms with Gasteiger partial charge in [0.2, 0.25) is 0 Å². The molecule has 0 aromatic rings. The fourth-order valence-electron chi connectivity index (χ4n) is 1.80. The highest BCUT2D eigenvalue weighted by Crippen LogP contribution is 2.08. The monoisotopic (exact) mass is 230 g/mol. The molecule has 4 heteroatoms. The summed E-state index contributed by atoms with van der Waals surface area (Å²) in [7, 11) is 0. The van der Waals surface area contributed by atoms with Crippen LogP contribution in [0, 0.1) is 0 Å². The van der Waals surface area contributed by atoms with Gasteiger partial charge < -0.3 is 20.5 Å². The summed E-state index contributed by atoms with van der Waals surface area (Å²) in [5.74, 6) is 0. The summed E-state index contributed by atoms with van der Waals surface area (Å²) in [5, 5.41) is 16.7. The first kappa shape index (κ1) is 13.9. The first-order valence-corrected chi connectivity index (χ1v) is 6.30. The molecule has 0 amide bonds. The largest absolute Gasteiger partial charge is 0.389 e. The number of morpholine rings is 1. The predicted octanol–water partition coefficient (Wildman–Crippen LogP) is 0.504. The number of hydrogen-bond donors (Lipinski definition) is 3. The highest BCUT2D eigenvalue weighted by molar-refractivity contribution is 4.79. The molecule has 0 aromatic carbocycles. The van der Waals surface area contributed by atoms with E-state index in [1.807, 2.05) is 13.8 Å². The van der Waals surface area contributed by atoms with Gasteiger partial charge in [-0.1, -0.05) is 6.92 Å². The van der Waals surface area contributed by atoms with Gasteiger partial charge in [0.1, 0.15) is 0 Å². The average molecular weight is 230 g/mol. The minimum absolute atomic E-state index is 0.400. The summed E-state index contributed by atoms with van der Waals surface area (Å²) in [4.78, 5) is 0. The quantitative estimate of drug-likeness (QED) is 0.622. The maximum atomic E-state index is 9.88. The van der Waals surface area contributed by atoms with Gasteiger partial charge in [0.25, 0.3) is 0 Å². The van der Waals surface area contributed by atoms with Gasteiger partial charge in [-0.15, -0.1) is 0 Å². The third-order valence-electron chi connectivity index (χ3n) is 3.23. The molecule has 3 atom stereocenters. The Labute approximate surface area is 98.8 Å². The van der Waals surface area contributed by atoms with Crippen LogP contribution in [0.25, 0.3) is 0 Å². The van der Waals surface area contributed by atoms with Gasteiger partial charge in [-0.2, -0.15) is 0 Å². The molecule has 3 unspecified atom stereocenters. The number of nitrogens with one attached hydrogen (secondary N) is 2. The molecule has 0 spiro atoms. The first-order chi connectivity index (χ1) is 7.53. The molecule has 0 aliphatic carbocycles.